The van der Waals surface area contributed by atoms with Gasteiger partial charge in [0.05, 0.1) is 18.6 Å². The molecule has 1 fully saturated rings. The average Bonchev–Trinajstić information content (AvgIpc) is 3.43. The summed E-state index contributed by atoms with van der Waals surface area (Å²) in [5, 5.41) is 5.24. The summed E-state index contributed by atoms with van der Waals surface area (Å²) < 4.78 is 33.1. The highest BCUT2D eigenvalue weighted by Gasteiger charge is 2.53. The van der Waals surface area contributed by atoms with Crippen LogP contribution < -0.4 is 5.32 Å². The van der Waals surface area contributed by atoms with Gasteiger partial charge in [0.25, 0.3) is 0 Å². The number of fused-ring (bicyclic) bond motifs is 2. The normalized spacial score (nSPS) is 21.5. The van der Waals surface area contributed by atoms with Crippen LogP contribution in [0.4, 0.5) is 8.78 Å². The van der Waals surface area contributed by atoms with E-state index in [2.05, 4.69) is 28.4 Å². The number of methoxy groups -OCH3 is 1. The summed E-state index contributed by atoms with van der Waals surface area (Å²) in [6, 6.07) is 16.2. The fourth-order valence-corrected chi connectivity index (χ4v) is 6.43. The summed E-state index contributed by atoms with van der Waals surface area (Å²) in [6.45, 7) is 2.19. The summed E-state index contributed by atoms with van der Waals surface area (Å²) in [5.74, 6) is -1.63. The van der Waals surface area contributed by atoms with Gasteiger partial charge in [0, 0.05) is 23.9 Å². The molecule has 0 unspecified atom stereocenters. The van der Waals surface area contributed by atoms with Crippen LogP contribution >= 0.6 is 11.3 Å². The van der Waals surface area contributed by atoms with E-state index >= 15 is 0 Å². The molecule has 0 radical (unpaired) electrons. The molecule has 0 saturated carbocycles. The fourth-order valence-electron chi connectivity index (χ4n) is 5.73. The van der Waals surface area contributed by atoms with Crippen LogP contribution in [0.15, 0.2) is 60.0 Å². The van der Waals surface area contributed by atoms with Crippen molar-refractivity contribution in [3.63, 3.8) is 0 Å². The minimum absolute atomic E-state index is 0.00266. The van der Waals surface area contributed by atoms with Crippen molar-refractivity contribution in [1.82, 2.24) is 10.2 Å². The van der Waals surface area contributed by atoms with Crippen LogP contribution in [0.25, 0.3) is 0 Å². The van der Waals surface area contributed by atoms with Gasteiger partial charge in [-0.15, -0.1) is 11.3 Å². The van der Waals surface area contributed by atoms with Crippen LogP contribution in [0, 0.1) is 11.6 Å². The number of amides is 1. The second-order valence-electron chi connectivity index (χ2n) is 9.23. The molecule has 1 aliphatic carbocycles. The Morgan fingerprint density at radius 2 is 1.91 bits per heavy atom. The highest BCUT2D eigenvalue weighted by atomic mass is 32.1. The molecule has 4 nitrogen and oxygen atoms in total. The minimum atomic E-state index is -0.820. The van der Waals surface area contributed by atoms with Crippen molar-refractivity contribution in [2.24, 2.45) is 0 Å². The molecule has 34 heavy (non-hydrogen) atoms. The van der Waals surface area contributed by atoms with Gasteiger partial charge in [-0.1, -0.05) is 36.4 Å². The number of carbonyl (C=O) groups excluding carboxylic acids is 1. The molecule has 7 heteroatoms. The molecule has 0 bridgehead atoms. The Morgan fingerprint density at radius 1 is 1.12 bits per heavy atom. The maximum absolute atomic E-state index is 13.7. The second-order valence-corrected chi connectivity index (χ2v) is 10.3. The number of carbonyl (C=O) groups is 1. The third-order valence-corrected chi connectivity index (χ3v) is 8.18. The standard InChI is InChI=1S/C27H28F2N2O2S/c1-33-26-25(30-24(32)16-19-5-4-14-34-19)20-6-2-3-7-21(20)27(26)10-12-31(13-11-27)17-18-8-9-22(28)23(29)15-18/h2-9,14-15,25-26H,10-13,16-17H2,1H3,(H,30,32)/t25-,26+/m1/s1. The van der Waals surface area contributed by atoms with Gasteiger partial charge >= 0.3 is 0 Å². The van der Waals surface area contributed by atoms with Crippen LogP contribution in [-0.2, 0) is 27.9 Å². The number of piperidine rings is 1. The third kappa shape index (κ3) is 4.28. The first kappa shape index (κ1) is 23.1. The van der Waals surface area contributed by atoms with Gasteiger partial charge in [-0.05, 0) is 66.2 Å². The maximum atomic E-state index is 13.7. The Labute approximate surface area is 202 Å². The molecule has 2 aliphatic rings. The minimum Gasteiger partial charge on any atom is -0.378 e. The molecule has 178 valence electrons. The monoisotopic (exact) mass is 482 g/mol. The Balaban J connectivity index is 1.34. The van der Waals surface area contributed by atoms with Crippen molar-refractivity contribution in [2.45, 2.75) is 43.4 Å². The first-order valence-electron chi connectivity index (χ1n) is 11.6. The van der Waals surface area contributed by atoms with Crippen molar-refractivity contribution < 1.29 is 18.3 Å². The fraction of sp³-hybridized carbons (Fsp3) is 0.370. The number of nitrogens with one attached hydrogen (secondary N) is 1. The van der Waals surface area contributed by atoms with E-state index in [1.165, 1.54) is 17.7 Å². The van der Waals surface area contributed by atoms with Gasteiger partial charge in [-0.25, -0.2) is 8.78 Å². The lowest BCUT2D eigenvalue weighted by atomic mass is 9.72. The van der Waals surface area contributed by atoms with Gasteiger partial charge in [0.15, 0.2) is 11.6 Å². The highest BCUT2D eigenvalue weighted by Crippen LogP contribution is 2.52. The van der Waals surface area contributed by atoms with Crippen LogP contribution in [0.3, 0.4) is 0 Å². The molecule has 2 heterocycles. The molecule has 1 amide bonds. The topological polar surface area (TPSA) is 41.6 Å². The lowest BCUT2D eigenvalue weighted by molar-refractivity contribution is -0.122. The van der Waals surface area contributed by atoms with E-state index in [0.717, 1.165) is 41.9 Å². The molecule has 1 aromatic heterocycles. The van der Waals surface area contributed by atoms with E-state index in [1.54, 1.807) is 24.5 Å². The number of halogens is 2. The summed E-state index contributed by atoms with van der Waals surface area (Å²) in [6.07, 6.45) is 1.93. The van der Waals surface area contributed by atoms with Gasteiger partial charge in [-0.3, -0.25) is 9.69 Å². The smallest absolute Gasteiger partial charge is 0.225 e. The van der Waals surface area contributed by atoms with Crippen molar-refractivity contribution >= 4 is 17.2 Å². The molecule has 2 atom stereocenters. The van der Waals surface area contributed by atoms with E-state index in [0.29, 0.717) is 13.0 Å². The number of likely N-dealkylation sites (tertiary alicyclic amines) is 1. The number of rotatable bonds is 6. The Bertz CT molecular complexity index is 1160. The quantitative estimate of drug-likeness (QED) is 0.538. The zero-order valence-corrected chi connectivity index (χ0v) is 19.9. The SMILES string of the molecule is CO[C@H]1[C@H](NC(=O)Cc2cccs2)c2ccccc2C12CCN(Cc1ccc(F)c(F)c1)CC2. The maximum Gasteiger partial charge on any atom is 0.225 e. The van der Waals surface area contributed by atoms with Crippen molar-refractivity contribution in [3.8, 4) is 0 Å². The molecule has 1 N–H and O–H groups in total. The predicted molar refractivity (Wildman–Crippen MR) is 129 cm³/mol. The van der Waals surface area contributed by atoms with Gasteiger partial charge in [0.2, 0.25) is 5.91 Å². The molecule has 5 rings (SSSR count). The van der Waals surface area contributed by atoms with Crippen LogP contribution in [0.2, 0.25) is 0 Å². The Kier molecular flexibility index (Phi) is 6.51. The summed E-state index contributed by atoms with van der Waals surface area (Å²) >= 11 is 1.58. The largest absolute Gasteiger partial charge is 0.378 e. The van der Waals surface area contributed by atoms with E-state index in [4.69, 9.17) is 4.74 Å². The van der Waals surface area contributed by atoms with E-state index < -0.39 is 11.6 Å². The number of hydrogen-bond donors (Lipinski definition) is 1. The Hall–Kier alpha value is -2.61. The van der Waals surface area contributed by atoms with Gasteiger partial charge < -0.3 is 10.1 Å². The lowest BCUT2D eigenvalue weighted by Gasteiger charge is -2.44. The number of nitrogens with zero attached hydrogens (tertiary/aromatic N) is 1. The van der Waals surface area contributed by atoms with Crippen molar-refractivity contribution in [2.75, 3.05) is 20.2 Å². The van der Waals surface area contributed by atoms with Crippen LogP contribution in [0.5, 0.6) is 0 Å². The molecule has 1 aliphatic heterocycles. The second kappa shape index (κ2) is 9.56. The first-order chi connectivity index (χ1) is 16.5. The third-order valence-electron chi connectivity index (χ3n) is 7.30. The molecule has 3 aromatic rings. The van der Waals surface area contributed by atoms with Gasteiger partial charge in [0.1, 0.15) is 0 Å². The summed E-state index contributed by atoms with van der Waals surface area (Å²) in [7, 11) is 1.73. The number of benzene rings is 2. The Morgan fingerprint density at radius 3 is 2.62 bits per heavy atom. The number of ether oxygens (including phenoxy) is 1. The first-order valence-corrected chi connectivity index (χ1v) is 12.5. The molecule has 1 saturated heterocycles. The summed E-state index contributed by atoms with van der Waals surface area (Å²) in [5.41, 5.74) is 2.94. The average molecular weight is 483 g/mol. The van der Waals surface area contributed by atoms with Crippen molar-refractivity contribution in [3.05, 3.63) is 93.2 Å². The van der Waals surface area contributed by atoms with E-state index in [-0.39, 0.29) is 23.5 Å². The zero-order valence-electron chi connectivity index (χ0n) is 19.1. The zero-order chi connectivity index (χ0) is 23.7. The van der Waals surface area contributed by atoms with E-state index in [9.17, 15) is 13.6 Å². The molecular formula is C27H28F2N2O2S. The van der Waals surface area contributed by atoms with Gasteiger partial charge in [-0.2, -0.15) is 0 Å². The number of thiophene rings is 1. The van der Waals surface area contributed by atoms with Crippen LogP contribution in [-0.4, -0.2) is 37.1 Å². The highest BCUT2D eigenvalue weighted by molar-refractivity contribution is 7.10. The van der Waals surface area contributed by atoms with Crippen LogP contribution in [0.1, 0.15) is 40.5 Å². The lowest BCUT2D eigenvalue weighted by Crippen LogP contribution is -2.50. The number of hydrogen-bond acceptors (Lipinski definition) is 4. The van der Waals surface area contributed by atoms with E-state index in [1.807, 2.05) is 23.6 Å². The van der Waals surface area contributed by atoms with Crippen molar-refractivity contribution in [1.29, 1.82) is 0 Å². The molecule has 1 spiro atoms. The predicted octanol–water partition coefficient (Wildman–Crippen LogP) is 4.99. The molecule has 2 aromatic carbocycles. The summed E-state index contributed by atoms with van der Waals surface area (Å²) in [4.78, 5) is 16.2. The molecular weight excluding hydrogens is 454 g/mol.